The minimum atomic E-state index is -0.471. The smallest absolute Gasteiger partial charge is 0.333 e. The third-order valence-corrected chi connectivity index (χ3v) is 5.89. The van der Waals surface area contributed by atoms with Crippen LogP contribution < -0.4 is 14.2 Å². The van der Waals surface area contributed by atoms with Crippen molar-refractivity contribution in [3.63, 3.8) is 0 Å². The molecule has 0 radical (unpaired) electrons. The highest BCUT2D eigenvalue weighted by molar-refractivity contribution is 5.95. The van der Waals surface area contributed by atoms with Crippen LogP contribution in [0.2, 0.25) is 0 Å². The Morgan fingerprint density at radius 3 is 1.77 bits per heavy atom. The van der Waals surface area contributed by atoms with Crippen LogP contribution in [0.1, 0.15) is 40.5 Å². The van der Waals surface area contributed by atoms with Crippen LogP contribution in [0.25, 0.3) is 10.8 Å². The van der Waals surface area contributed by atoms with E-state index in [-0.39, 0.29) is 13.2 Å². The van der Waals surface area contributed by atoms with Crippen molar-refractivity contribution < 1.29 is 33.3 Å². The topological polar surface area (TPSA) is 80.3 Å². The van der Waals surface area contributed by atoms with Crippen molar-refractivity contribution in [1.29, 1.82) is 0 Å². The van der Waals surface area contributed by atoms with Gasteiger partial charge in [-0.2, -0.15) is 0 Å². The molecular formula is C32H36O7. The van der Waals surface area contributed by atoms with Crippen molar-refractivity contribution in [2.24, 2.45) is 0 Å². The van der Waals surface area contributed by atoms with Crippen LogP contribution >= 0.6 is 0 Å². The molecule has 7 nitrogen and oxygen atoms in total. The van der Waals surface area contributed by atoms with E-state index in [1.165, 1.54) is 0 Å². The molecule has 3 aromatic rings. The molecule has 0 aliphatic rings. The molecule has 206 valence electrons. The molecule has 0 aliphatic heterocycles. The largest absolute Gasteiger partial charge is 0.489 e. The molecule has 0 fully saturated rings. The fraction of sp³-hybridized carbons (Fsp3) is 0.312. The van der Waals surface area contributed by atoms with Gasteiger partial charge in [0, 0.05) is 28.0 Å². The fourth-order valence-electron chi connectivity index (χ4n) is 3.58. The molecule has 2 unspecified atom stereocenters. The predicted octanol–water partition coefficient (Wildman–Crippen LogP) is 7.19. The van der Waals surface area contributed by atoms with E-state index in [1.807, 2.05) is 68.4 Å². The minimum Gasteiger partial charge on any atom is -0.489 e. The zero-order chi connectivity index (χ0) is 28.4. The Morgan fingerprint density at radius 1 is 0.718 bits per heavy atom. The van der Waals surface area contributed by atoms with E-state index in [0.29, 0.717) is 47.0 Å². The van der Waals surface area contributed by atoms with Gasteiger partial charge in [0.05, 0.1) is 0 Å². The zero-order valence-corrected chi connectivity index (χ0v) is 23.0. The van der Waals surface area contributed by atoms with Crippen molar-refractivity contribution >= 4 is 22.7 Å². The lowest BCUT2D eigenvalue weighted by Gasteiger charge is -2.22. The first-order valence-electron chi connectivity index (χ1n) is 13.0. The number of carbonyl (C=O) groups is 2. The number of para-hydroxylation sites is 1. The normalized spacial score (nSPS) is 12.2. The van der Waals surface area contributed by atoms with Crippen LogP contribution in [-0.2, 0) is 19.1 Å². The summed E-state index contributed by atoms with van der Waals surface area (Å²) >= 11 is 0. The van der Waals surface area contributed by atoms with Gasteiger partial charge < -0.3 is 23.7 Å². The van der Waals surface area contributed by atoms with Gasteiger partial charge >= 0.3 is 11.9 Å². The van der Waals surface area contributed by atoms with Gasteiger partial charge in [0.2, 0.25) is 0 Å². The average Bonchev–Trinajstić information content (AvgIpc) is 2.94. The maximum Gasteiger partial charge on any atom is 0.333 e. The van der Waals surface area contributed by atoms with E-state index < -0.39 is 24.1 Å². The van der Waals surface area contributed by atoms with Crippen LogP contribution in [0.4, 0.5) is 0 Å². The first kappa shape index (κ1) is 29.3. The van der Waals surface area contributed by atoms with Crippen molar-refractivity contribution in [1.82, 2.24) is 0 Å². The van der Waals surface area contributed by atoms with E-state index in [9.17, 15) is 9.59 Å². The third-order valence-electron chi connectivity index (χ3n) is 5.89. The number of benzene rings is 3. The number of rotatable bonds is 14. The lowest BCUT2D eigenvalue weighted by Crippen LogP contribution is -2.25. The summed E-state index contributed by atoms with van der Waals surface area (Å²) in [5, 5.41) is 1.55. The maximum atomic E-state index is 12.1. The van der Waals surface area contributed by atoms with E-state index >= 15 is 0 Å². The van der Waals surface area contributed by atoms with E-state index in [1.54, 1.807) is 19.9 Å². The summed E-state index contributed by atoms with van der Waals surface area (Å²) in [6.07, 6.45) is 0.221. The number of hydrogen-bond donors (Lipinski definition) is 0. The highest BCUT2D eigenvalue weighted by Gasteiger charge is 2.21. The molecule has 0 N–H and O–H groups in total. The Kier molecular flexibility index (Phi) is 10.6. The summed E-state index contributed by atoms with van der Waals surface area (Å²) < 4.78 is 29.7. The van der Waals surface area contributed by atoms with Crippen LogP contribution in [0, 0.1) is 0 Å². The summed E-state index contributed by atoms with van der Waals surface area (Å²) in [7, 11) is 0. The van der Waals surface area contributed by atoms with Crippen molar-refractivity contribution in [3.05, 3.63) is 85.0 Å². The molecule has 0 aromatic heterocycles. The maximum absolute atomic E-state index is 12.1. The molecule has 3 rings (SSSR count). The molecule has 0 spiro atoms. The van der Waals surface area contributed by atoms with Crippen molar-refractivity contribution in [2.75, 3.05) is 13.2 Å². The number of fused-ring (bicyclic) bond motifs is 1. The van der Waals surface area contributed by atoms with Gasteiger partial charge in [-0.3, -0.25) is 0 Å². The molecule has 0 saturated carbocycles. The summed E-state index contributed by atoms with van der Waals surface area (Å²) in [6, 6.07) is 18.7. The highest BCUT2D eigenvalue weighted by atomic mass is 16.6. The molecule has 0 aliphatic carbocycles. The Balaban J connectivity index is 1.97. The number of hydrogen-bond acceptors (Lipinski definition) is 7. The average molecular weight is 533 g/mol. The monoisotopic (exact) mass is 532 g/mol. The van der Waals surface area contributed by atoms with Gasteiger partial charge in [0.25, 0.3) is 0 Å². The first-order chi connectivity index (χ1) is 18.7. The molecule has 0 bridgehead atoms. The van der Waals surface area contributed by atoms with Crippen LogP contribution in [-0.4, -0.2) is 37.4 Å². The Morgan fingerprint density at radius 2 is 1.23 bits per heavy atom. The molecular weight excluding hydrogens is 496 g/mol. The van der Waals surface area contributed by atoms with E-state index in [4.69, 9.17) is 23.7 Å². The van der Waals surface area contributed by atoms with Crippen molar-refractivity contribution in [2.45, 2.75) is 52.7 Å². The second-order valence-corrected chi connectivity index (χ2v) is 9.22. The molecule has 0 heterocycles. The van der Waals surface area contributed by atoms with Gasteiger partial charge in [-0.05, 0) is 38.8 Å². The second-order valence-electron chi connectivity index (χ2n) is 9.22. The minimum absolute atomic E-state index is 0.125. The standard InChI is InChI=1S/C32H36O7/c1-7-23(38-31(33)21(3)4)19-35-28-18-29(37-25-14-10-9-11-15-25)30(27-17-13-12-16-26(27)28)36-20-24(8-2)39-32(34)22(5)6/h9-18,23-24H,3,5,7-8,19-20H2,1-2,4,6H3. The van der Waals surface area contributed by atoms with Gasteiger partial charge in [0.1, 0.15) is 36.9 Å². The summed E-state index contributed by atoms with van der Waals surface area (Å²) in [5.41, 5.74) is 0.658. The summed E-state index contributed by atoms with van der Waals surface area (Å²) in [5.74, 6) is 1.18. The van der Waals surface area contributed by atoms with Gasteiger partial charge in [-0.1, -0.05) is 69.5 Å². The third kappa shape index (κ3) is 8.11. The zero-order valence-electron chi connectivity index (χ0n) is 23.0. The van der Waals surface area contributed by atoms with E-state index in [2.05, 4.69) is 13.2 Å². The highest BCUT2D eigenvalue weighted by Crippen LogP contribution is 2.43. The molecule has 39 heavy (non-hydrogen) atoms. The second kappa shape index (κ2) is 14.0. The fourth-order valence-corrected chi connectivity index (χ4v) is 3.58. The van der Waals surface area contributed by atoms with Gasteiger partial charge in [-0.25, -0.2) is 9.59 Å². The number of esters is 2. The van der Waals surface area contributed by atoms with Gasteiger partial charge in [0.15, 0.2) is 11.5 Å². The lowest BCUT2D eigenvalue weighted by atomic mass is 10.1. The molecule has 7 heteroatoms. The molecule has 3 aromatic carbocycles. The summed E-state index contributed by atoms with van der Waals surface area (Å²) in [6.45, 7) is 14.6. The SMILES string of the molecule is C=C(C)C(=O)OC(CC)COc1cc(Oc2ccccc2)c(OCC(CC)OC(=O)C(=C)C)c2ccccc12. The van der Waals surface area contributed by atoms with Crippen molar-refractivity contribution in [3.8, 4) is 23.0 Å². The Bertz CT molecular complexity index is 1310. The molecule has 0 amide bonds. The van der Waals surface area contributed by atoms with E-state index in [0.717, 1.165) is 10.8 Å². The van der Waals surface area contributed by atoms with Crippen LogP contribution in [0.5, 0.6) is 23.0 Å². The molecule has 2 atom stereocenters. The van der Waals surface area contributed by atoms with Gasteiger partial charge in [-0.15, -0.1) is 0 Å². The summed E-state index contributed by atoms with van der Waals surface area (Å²) in [4.78, 5) is 24.1. The number of carbonyl (C=O) groups excluding carboxylic acids is 2. The Labute approximate surface area is 230 Å². The van der Waals surface area contributed by atoms with Crippen LogP contribution in [0.15, 0.2) is 85.0 Å². The quantitative estimate of drug-likeness (QED) is 0.161. The van der Waals surface area contributed by atoms with Crippen LogP contribution in [0.3, 0.4) is 0 Å². The lowest BCUT2D eigenvalue weighted by molar-refractivity contribution is -0.146. The predicted molar refractivity (Wildman–Crippen MR) is 151 cm³/mol. The first-order valence-corrected chi connectivity index (χ1v) is 13.0. The Hall–Kier alpha value is -4.26. The molecule has 0 saturated heterocycles. The number of ether oxygens (including phenoxy) is 5.